The fourth-order valence-electron chi connectivity index (χ4n) is 2.29. The van der Waals surface area contributed by atoms with Gasteiger partial charge in [-0.05, 0) is 49.4 Å². The van der Waals surface area contributed by atoms with E-state index < -0.39 is 0 Å². The normalized spacial score (nSPS) is 11.1. The number of hydrogen-bond acceptors (Lipinski definition) is 5. The Morgan fingerprint density at radius 1 is 1.04 bits per heavy atom. The standard InChI is InChI=1S/C20H19N3O3/c1-2-25-17-8-10-18(11-9-17)26-19-14-15(12-13-21-19)20(23-24)22-16-6-4-3-5-7-16/h3-14,24H,2H2,1H3,(H,22,23). The highest BCUT2D eigenvalue weighted by molar-refractivity contribution is 5.99. The van der Waals surface area contributed by atoms with Crippen molar-refractivity contribution >= 4 is 11.5 Å². The van der Waals surface area contributed by atoms with Crippen molar-refractivity contribution < 1.29 is 14.7 Å². The van der Waals surface area contributed by atoms with Crippen LogP contribution < -0.4 is 15.0 Å². The molecule has 6 heteroatoms. The Morgan fingerprint density at radius 3 is 2.46 bits per heavy atom. The molecule has 0 aliphatic rings. The molecule has 0 unspecified atom stereocenters. The van der Waals surface area contributed by atoms with Crippen molar-refractivity contribution in [2.24, 2.45) is 4.99 Å². The average molecular weight is 349 g/mol. The van der Waals surface area contributed by atoms with Crippen LogP contribution in [0.15, 0.2) is 77.9 Å². The molecule has 0 radical (unpaired) electrons. The summed E-state index contributed by atoms with van der Waals surface area (Å²) in [6.07, 6.45) is 1.59. The highest BCUT2D eigenvalue weighted by atomic mass is 16.5. The van der Waals surface area contributed by atoms with Gasteiger partial charge in [0.1, 0.15) is 11.5 Å². The number of hydrogen-bond donors (Lipinski definition) is 2. The first-order chi connectivity index (χ1) is 12.8. The van der Waals surface area contributed by atoms with E-state index >= 15 is 0 Å². The second-order valence-corrected chi connectivity index (χ2v) is 5.30. The van der Waals surface area contributed by atoms with E-state index in [1.54, 1.807) is 18.3 Å². The first kappa shape index (κ1) is 17.4. The molecule has 0 aliphatic heterocycles. The van der Waals surface area contributed by atoms with Gasteiger partial charge in [0.15, 0.2) is 5.84 Å². The summed E-state index contributed by atoms with van der Waals surface area (Å²) in [5, 5.41) is 9.45. The van der Waals surface area contributed by atoms with Gasteiger partial charge in [-0.25, -0.2) is 9.98 Å². The van der Waals surface area contributed by atoms with Crippen LogP contribution in [0.2, 0.25) is 0 Å². The van der Waals surface area contributed by atoms with Crippen LogP contribution in [0.4, 0.5) is 5.69 Å². The van der Waals surface area contributed by atoms with E-state index in [0.717, 1.165) is 11.4 Å². The summed E-state index contributed by atoms with van der Waals surface area (Å²) < 4.78 is 11.2. The van der Waals surface area contributed by atoms with E-state index in [1.807, 2.05) is 61.5 Å². The summed E-state index contributed by atoms with van der Waals surface area (Å²) in [5.41, 5.74) is 3.49. The van der Waals surface area contributed by atoms with E-state index in [9.17, 15) is 5.21 Å². The maximum atomic E-state index is 9.45. The molecule has 0 bridgehead atoms. The average Bonchev–Trinajstić information content (AvgIpc) is 2.69. The highest BCUT2D eigenvalue weighted by Crippen LogP contribution is 2.23. The molecule has 0 saturated heterocycles. The largest absolute Gasteiger partial charge is 0.494 e. The van der Waals surface area contributed by atoms with Crippen molar-refractivity contribution in [3.8, 4) is 17.4 Å². The van der Waals surface area contributed by atoms with Gasteiger partial charge in [0, 0.05) is 17.8 Å². The molecule has 0 atom stereocenters. The van der Waals surface area contributed by atoms with Gasteiger partial charge in [0.05, 0.1) is 12.3 Å². The second-order valence-electron chi connectivity index (χ2n) is 5.30. The fourth-order valence-corrected chi connectivity index (χ4v) is 2.29. The molecule has 1 aromatic heterocycles. The van der Waals surface area contributed by atoms with Crippen molar-refractivity contribution in [3.63, 3.8) is 0 Å². The Labute approximate surface area is 151 Å². The zero-order chi connectivity index (χ0) is 18.2. The van der Waals surface area contributed by atoms with Crippen LogP contribution in [-0.4, -0.2) is 22.6 Å². The summed E-state index contributed by atoms with van der Waals surface area (Å²) in [6, 6.07) is 20.1. The van der Waals surface area contributed by atoms with Gasteiger partial charge < -0.3 is 9.47 Å². The Morgan fingerprint density at radius 2 is 1.77 bits per heavy atom. The molecule has 0 fully saturated rings. The Bertz CT molecular complexity index is 865. The minimum Gasteiger partial charge on any atom is -0.494 e. The summed E-state index contributed by atoms with van der Waals surface area (Å²) in [7, 11) is 0. The molecule has 0 saturated carbocycles. The number of amidine groups is 1. The molecule has 26 heavy (non-hydrogen) atoms. The summed E-state index contributed by atoms with van der Waals surface area (Å²) in [5.74, 6) is 2.11. The number of ether oxygens (including phenoxy) is 2. The maximum Gasteiger partial charge on any atom is 0.219 e. The number of hydroxylamine groups is 1. The molecule has 1 heterocycles. The molecule has 6 nitrogen and oxygen atoms in total. The van der Waals surface area contributed by atoms with E-state index in [-0.39, 0.29) is 0 Å². The molecule has 3 aromatic rings. The van der Waals surface area contributed by atoms with E-state index in [0.29, 0.717) is 29.6 Å². The molecule has 0 spiro atoms. The number of nitrogens with one attached hydrogen (secondary N) is 1. The smallest absolute Gasteiger partial charge is 0.219 e. The number of nitrogens with zero attached hydrogens (tertiary/aromatic N) is 2. The van der Waals surface area contributed by atoms with Crippen molar-refractivity contribution in [1.29, 1.82) is 0 Å². The van der Waals surface area contributed by atoms with Crippen molar-refractivity contribution in [3.05, 3.63) is 78.5 Å². The maximum absolute atomic E-state index is 9.45. The third-order valence-electron chi connectivity index (χ3n) is 3.47. The molecule has 2 aromatic carbocycles. The molecule has 0 amide bonds. The van der Waals surface area contributed by atoms with Crippen LogP contribution in [0, 0.1) is 0 Å². The molecule has 132 valence electrons. The zero-order valence-corrected chi connectivity index (χ0v) is 14.3. The molecule has 3 rings (SSSR count). The minimum atomic E-state index is 0.301. The van der Waals surface area contributed by atoms with Gasteiger partial charge in [-0.15, -0.1) is 0 Å². The number of rotatable bonds is 6. The molecule has 0 aliphatic carbocycles. The third kappa shape index (κ3) is 4.58. The summed E-state index contributed by atoms with van der Waals surface area (Å²) in [6.45, 7) is 2.55. The van der Waals surface area contributed by atoms with Crippen molar-refractivity contribution in [1.82, 2.24) is 10.5 Å². The lowest BCUT2D eigenvalue weighted by Crippen LogP contribution is -2.20. The summed E-state index contributed by atoms with van der Waals surface area (Å²) >= 11 is 0. The topological polar surface area (TPSA) is 76.0 Å². The predicted octanol–water partition coefficient (Wildman–Crippen LogP) is 4.33. The van der Waals surface area contributed by atoms with Crippen LogP contribution in [0.1, 0.15) is 12.5 Å². The van der Waals surface area contributed by atoms with Gasteiger partial charge in [-0.2, -0.15) is 0 Å². The van der Waals surface area contributed by atoms with Crippen molar-refractivity contribution in [2.75, 3.05) is 6.61 Å². The van der Waals surface area contributed by atoms with Gasteiger partial charge in [0.2, 0.25) is 5.88 Å². The minimum absolute atomic E-state index is 0.301. The second kappa shape index (κ2) is 8.64. The zero-order valence-electron chi connectivity index (χ0n) is 14.3. The molecule has 2 N–H and O–H groups in total. The predicted molar refractivity (Wildman–Crippen MR) is 99.5 cm³/mol. The van der Waals surface area contributed by atoms with Gasteiger partial charge in [-0.3, -0.25) is 10.7 Å². The number of pyridine rings is 1. The van der Waals surface area contributed by atoms with E-state index in [1.165, 1.54) is 0 Å². The number of benzene rings is 2. The number of aliphatic imine (C=N–C) groups is 1. The Hall–Kier alpha value is -3.38. The van der Waals surface area contributed by atoms with E-state index in [4.69, 9.17) is 9.47 Å². The van der Waals surface area contributed by atoms with Crippen LogP contribution >= 0.6 is 0 Å². The quantitative estimate of drug-likeness (QED) is 0.393. The monoisotopic (exact) mass is 349 g/mol. The first-order valence-electron chi connectivity index (χ1n) is 8.19. The first-order valence-corrected chi connectivity index (χ1v) is 8.19. The molecular formula is C20H19N3O3. The Balaban J connectivity index is 1.79. The Kier molecular flexibility index (Phi) is 5.80. The van der Waals surface area contributed by atoms with Crippen molar-refractivity contribution in [2.45, 2.75) is 6.92 Å². The van der Waals surface area contributed by atoms with Gasteiger partial charge >= 0.3 is 0 Å². The van der Waals surface area contributed by atoms with E-state index in [2.05, 4.69) is 15.5 Å². The number of aromatic nitrogens is 1. The third-order valence-corrected chi connectivity index (χ3v) is 3.47. The van der Waals surface area contributed by atoms with Crippen LogP contribution in [-0.2, 0) is 0 Å². The lowest BCUT2D eigenvalue weighted by Gasteiger charge is -2.09. The lowest BCUT2D eigenvalue weighted by atomic mass is 10.2. The van der Waals surface area contributed by atoms with Gasteiger partial charge in [-0.1, -0.05) is 18.2 Å². The number of para-hydroxylation sites is 1. The van der Waals surface area contributed by atoms with Crippen LogP contribution in [0.3, 0.4) is 0 Å². The molecular weight excluding hydrogens is 330 g/mol. The summed E-state index contributed by atoms with van der Waals surface area (Å²) in [4.78, 5) is 8.58. The van der Waals surface area contributed by atoms with Crippen LogP contribution in [0.5, 0.6) is 17.4 Å². The van der Waals surface area contributed by atoms with Crippen LogP contribution in [0.25, 0.3) is 0 Å². The SMILES string of the molecule is CCOc1ccc(Oc2cc(C(=Nc3ccccc3)NO)ccn2)cc1. The highest BCUT2D eigenvalue weighted by Gasteiger charge is 2.07. The fraction of sp³-hybridized carbons (Fsp3) is 0.100. The lowest BCUT2D eigenvalue weighted by molar-refractivity contribution is 0.235. The van der Waals surface area contributed by atoms with Gasteiger partial charge in [0.25, 0.3) is 0 Å².